The fourth-order valence-electron chi connectivity index (χ4n) is 1.48. The number of hydrogen-bond donors (Lipinski definition) is 0. The van der Waals surface area contributed by atoms with Gasteiger partial charge in [0.15, 0.2) is 5.78 Å². The molecule has 86 valence electrons. The number of carbonyl (C=O) groups is 1. The first-order valence-electron chi connectivity index (χ1n) is 5.08. The third-order valence-corrected chi connectivity index (χ3v) is 3.78. The van der Waals surface area contributed by atoms with E-state index in [2.05, 4.69) is 20.9 Å². The Bertz CT molecular complexity index is 363. The van der Waals surface area contributed by atoms with Crippen LogP contribution in [0.5, 0.6) is 0 Å². The first kappa shape index (κ1) is 12.1. The number of Topliss-reactive ketones (excluding diaryl/α,β-unsaturated/α-hetero) is 1. The molecule has 1 unspecified atom stereocenters. The number of ketones is 1. The monoisotopic (exact) mass is 301 g/mol. The highest BCUT2D eigenvalue weighted by atomic mass is 79.9. The molecule has 3 nitrogen and oxygen atoms in total. The Morgan fingerprint density at radius 1 is 1.62 bits per heavy atom. The lowest BCUT2D eigenvalue weighted by atomic mass is 10.1. The van der Waals surface area contributed by atoms with Gasteiger partial charge in [-0.1, -0.05) is 0 Å². The van der Waals surface area contributed by atoms with Gasteiger partial charge in [-0.25, -0.2) is 0 Å². The highest BCUT2D eigenvalue weighted by Gasteiger charge is 2.22. The Balaban J connectivity index is 1.93. The quantitative estimate of drug-likeness (QED) is 0.857. The van der Waals surface area contributed by atoms with E-state index in [-0.39, 0.29) is 11.9 Å². The predicted molar refractivity (Wildman–Crippen MR) is 67.7 cm³/mol. The highest BCUT2D eigenvalue weighted by Crippen LogP contribution is 2.15. The number of pyridine rings is 1. The maximum Gasteiger partial charge on any atom is 0.168 e. The van der Waals surface area contributed by atoms with Crippen molar-refractivity contribution in [3.05, 3.63) is 28.5 Å². The first-order valence-corrected chi connectivity index (χ1v) is 7.03. The molecule has 1 aliphatic rings. The van der Waals surface area contributed by atoms with Gasteiger partial charge in [0.1, 0.15) is 6.10 Å². The molecule has 5 heteroatoms. The zero-order valence-corrected chi connectivity index (χ0v) is 11.1. The van der Waals surface area contributed by atoms with E-state index < -0.39 is 0 Å². The van der Waals surface area contributed by atoms with Crippen LogP contribution in [-0.4, -0.2) is 35.0 Å². The summed E-state index contributed by atoms with van der Waals surface area (Å²) in [4.78, 5) is 16.0. The second-order valence-electron chi connectivity index (χ2n) is 3.55. The van der Waals surface area contributed by atoms with Gasteiger partial charge < -0.3 is 4.74 Å². The van der Waals surface area contributed by atoms with E-state index in [1.165, 1.54) is 0 Å². The summed E-state index contributed by atoms with van der Waals surface area (Å²) >= 11 is 5.08. The zero-order chi connectivity index (χ0) is 11.4. The predicted octanol–water partition coefficient (Wildman–Crippen LogP) is 2.09. The molecule has 2 rings (SSSR count). The van der Waals surface area contributed by atoms with Crippen LogP contribution in [0, 0.1) is 0 Å². The summed E-state index contributed by atoms with van der Waals surface area (Å²) in [5, 5.41) is 0. The molecule has 0 radical (unpaired) electrons. The summed E-state index contributed by atoms with van der Waals surface area (Å²) in [5.74, 6) is 1.89. The minimum Gasteiger partial charge on any atom is -0.369 e. The van der Waals surface area contributed by atoms with Gasteiger partial charge in [-0.15, -0.1) is 0 Å². The molecule has 0 N–H and O–H groups in total. The molecule has 0 aromatic carbocycles. The number of nitrogens with zero attached hydrogens (tertiary/aromatic N) is 1. The number of rotatable bonds is 3. The van der Waals surface area contributed by atoms with Crippen molar-refractivity contribution < 1.29 is 9.53 Å². The minimum atomic E-state index is -0.246. The summed E-state index contributed by atoms with van der Waals surface area (Å²) in [5.41, 5.74) is 0.798. The number of halogens is 1. The van der Waals surface area contributed by atoms with Crippen molar-refractivity contribution in [1.29, 1.82) is 0 Å². The molecule has 1 aromatic rings. The van der Waals surface area contributed by atoms with E-state index in [0.29, 0.717) is 13.0 Å². The van der Waals surface area contributed by atoms with Crippen molar-refractivity contribution in [3.63, 3.8) is 0 Å². The van der Waals surface area contributed by atoms with Crippen LogP contribution in [0.2, 0.25) is 0 Å². The van der Waals surface area contributed by atoms with E-state index in [0.717, 1.165) is 21.7 Å². The van der Waals surface area contributed by atoms with Crippen LogP contribution in [0.4, 0.5) is 0 Å². The number of aromatic nitrogens is 1. The molecule has 0 bridgehead atoms. The maximum absolute atomic E-state index is 11.9. The Kier molecular flexibility index (Phi) is 4.37. The smallest absolute Gasteiger partial charge is 0.168 e. The first-order chi connectivity index (χ1) is 7.75. The van der Waals surface area contributed by atoms with Crippen molar-refractivity contribution in [2.24, 2.45) is 0 Å². The summed E-state index contributed by atoms with van der Waals surface area (Å²) in [6, 6.07) is 3.75. The molecule has 0 amide bonds. The van der Waals surface area contributed by atoms with Gasteiger partial charge in [-0.3, -0.25) is 9.78 Å². The molecular weight excluding hydrogens is 290 g/mol. The van der Waals surface area contributed by atoms with Crippen LogP contribution in [0.15, 0.2) is 22.8 Å². The highest BCUT2D eigenvalue weighted by molar-refractivity contribution is 9.10. The summed E-state index contributed by atoms with van der Waals surface area (Å²) in [6.45, 7) is 0.675. The summed E-state index contributed by atoms with van der Waals surface area (Å²) in [6.07, 6.45) is 1.82. The second kappa shape index (κ2) is 5.80. The van der Waals surface area contributed by atoms with Gasteiger partial charge in [0.2, 0.25) is 0 Å². The van der Waals surface area contributed by atoms with Gasteiger partial charge in [0.05, 0.1) is 13.0 Å². The molecule has 0 aliphatic carbocycles. The third-order valence-electron chi connectivity index (χ3n) is 2.32. The van der Waals surface area contributed by atoms with E-state index in [9.17, 15) is 4.79 Å². The molecule has 16 heavy (non-hydrogen) atoms. The van der Waals surface area contributed by atoms with Gasteiger partial charge in [0, 0.05) is 27.9 Å². The fourth-order valence-corrected chi connectivity index (χ4v) is 2.59. The Hall–Kier alpha value is -0.390. The third kappa shape index (κ3) is 3.30. The topological polar surface area (TPSA) is 39.2 Å². The van der Waals surface area contributed by atoms with Crippen molar-refractivity contribution in [2.75, 3.05) is 18.1 Å². The standard InChI is InChI=1S/C11H12BrNO2S/c12-8-1-2-9(13-6-8)5-10(14)11-7-16-4-3-15-11/h1-2,6,11H,3-5,7H2. The number of carbonyl (C=O) groups excluding carboxylic acids is 1. The Morgan fingerprint density at radius 3 is 3.12 bits per heavy atom. The summed E-state index contributed by atoms with van der Waals surface area (Å²) < 4.78 is 6.35. The van der Waals surface area contributed by atoms with Crippen LogP contribution >= 0.6 is 27.7 Å². The molecule has 0 spiro atoms. The molecule has 1 saturated heterocycles. The van der Waals surface area contributed by atoms with E-state index >= 15 is 0 Å². The van der Waals surface area contributed by atoms with Crippen molar-refractivity contribution in [2.45, 2.75) is 12.5 Å². The molecule has 1 atom stereocenters. The van der Waals surface area contributed by atoms with Crippen LogP contribution in [0.25, 0.3) is 0 Å². The lowest BCUT2D eigenvalue weighted by Crippen LogP contribution is -2.32. The average molecular weight is 302 g/mol. The Morgan fingerprint density at radius 2 is 2.50 bits per heavy atom. The van der Waals surface area contributed by atoms with Crippen molar-refractivity contribution in [1.82, 2.24) is 4.98 Å². The molecule has 0 saturated carbocycles. The second-order valence-corrected chi connectivity index (χ2v) is 5.61. The average Bonchev–Trinajstić information content (AvgIpc) is 2.33. The SMILES string of the molecule is O=C(Cc1ccc(Br)cn1)C1CSCCO1. The van der Waals surface area contributed by atoms with E-state index in [4.69, 9.17) is 4.74 Å². The van der Waals surface area contributed by atoms with Crippen molar-refractivity contribution >= 4 is 33.5 Å². The van der Waals surface area contributed by atoms with Gasteiger partial charge in [0.25, 0.3) is 0 Å². The largest absolute Gasteiger partial charge is 0.369 e. The molecule has 1 aliphatic heterocycles. The number of thioether (sulfide) groups is 1. The maximum atomic E-state index is 11.9. The molecular formula is C11H12BrNO2S. The fraction of sp³-hybridized carbons (Fsp3) is 0.455. The lowest BCUT2D eigenvalue weighted by molar-refractivity contribution is -0.128. The van der Waals surface area contributed by atoms with Gasteiger partial charge in [-0.05, 0) is 28.1 Å². The number of hydrogen-bond acceptors (Lipinski definition) is 4. The summed E-state index contributed by atoms with van der Waals surface area (Å²) in [7, 11) is 0. The van der Waals surface area contributed by atoms with Crippen molar-refractivity contribution in [3.8, 4) is 0 Å². The van der Waals surface area contributed by atoms with Crippen LogP contribution in [0.1, 0.15) is 5.69 Å². The lowest BCUT2D eigenvalue weighted by Gasteiger charge is -2.20. The number of ether oxygens (including phenoxy) is 1. The molecule has 2 heterocycles. The van der Waals surface area contributed by atoms with Gasteiger partial charge >= 0.3 is 0 Å². The zero-order valence-electron chi connectivity index (χ0n) is 8.69. The van der Waals surface area contributed by atoms with E-state index in [1.807, 2.05) is 12.1 Å². The minimum absolute atomic E-state index is 0.127. The van der Waals surface area contributed by atoms with Crippen LogP contribution < -0.4 is 0 Å². The molecule has 1 fully saturated rings. The van der Waals surface area contributed by atoms with Crippen LogP contribution in [-0.2, 0) is 16.0 Å². The Labute approximate surface area is 107 Å². The van der Waals surface area contributed by atoms with E-state index in [1.54, 1.807) is 18.0 Å². The normalized spacial score (nSPS) is 20.7. The van der Waals surface area contributed by atoms with Gasteiger partial charge in [-0.2, -0.15) is 11.8 Å². The van der Waals surface area contributed by atoms with Crippen LogP contribution in [0.3, 0.4) is 0 Å². The molecule has 1 aromatic heterocycles.